The topological polar surface area (TPSA) is 43.1 Å². The van der Waals surface area contributed by atoms with E-state index in [0.717, 1.165) is 0 Å². The molecule has 0 aliphatic carbocycles. The van der Waals surface area contributed by atoms with Gasteiger partial charge in [-0.1, -0.05) is 29.3 Å². The maximum Gasteiger partial charge on any atom is 0.167 e. The van der Waals surface area contributed by atoms with Gasteiger partial charge in [-0.05, 0) is 35.9 Å². The van der Waals surface area contributed by atoms with Gasteiger partial charge in [0.05, 0.1) is 15.7 Å². The molecule has 98 valence electrons. The molecular formula is C14H10Cl2FNO. The van der Waals surface area contributed by atoms with E-state index in [2.05, 4.69) is 0 Å². The van der Waals surface area contributed by atoms with Crippen molar-refractivity contribution in [3.05, 3.63) is 63.4 Å². The van der Waals surface area contributed by atoms with Crippen LogP contribution in [0.25, 0.3) is 0 Å². The van der Waals surface area contributed by atoms with Gasteiger partial charge in [0.15, 0.2) is 5.78 Å². The fourth-order valence-corrected chi connectivity index (χ4v) is 1.89. The largest absolute Gasteiger partial charge is 0.398 e. The molecule has 2 aromatic carbocycles. The SMILES string of the molecule is Nc1cc(C(=O)Cc2ccc(Cl)c(F)c2)ccc1Cl. The van der Waals surface area contributed by atoms with Crippen molar-refractivity contribution >= 4 is 34.7 Å². The lowest BCUT2D eigenvalue weighted by Gasteiger charge is -2.04. The predicted molar refractivity (Wildman–Crippen MR) is 75.3 cm³/mol. The van der Waals surface area contributed by atoms with Crippen molar-refractivity contribution in [2.45, 2.75) is 6.42 Å². The van der Waals surface area contributed by atoms with E-state index in [9.17, 15) is 9.18 Å². The van der Waals surface area contributed by atoms with Gasteiger partial charge in [0.25, 0.3) is 0 Å². The highest BCUT2D eigenvalue weighted by Gasteiger charge is 2.10. The van der Waals surface area contributed by atoms with Crippen LogP contribution in [0.15, 0.2) is 36.4 Å². The molecule has 0 saturated heterocycles. The molecule has 0 aliphatic rings. The van der Waals surface area contributed by atoms with Gasteiger partial charge >= 0.3 is 0 Å². The number of Topliss-reactive ketones (excluding diaryl/α,β-unsaturated/α-hetero) is 1. The van der Waals surface area contributed by atoms with Crippen molar-refractivity contribution in [2.75, 3.05) is 5.73 Å². The molecular weight excluding hydrogens is 288 g/mol. The number of halogens is 3. The summed E-state index contributed by atoms with van der Waals surface area (Å²) in [6.07, 6.45) is 0.0785. The highest BCUT2D eigenvalue weighted by atomic mass is 35.5. The maximum atomic E-state index is 13.3. The summed E-state index contributed by atoms with van der Waals surface area (Å²) in [6, 6.07) is 8.95. The van der Waals surface area contributed by atoms with Crippen molar-refractivity contribution in [3.8, 4) is 0 Å². The fourth-order valence-electron chi connectivity index (χ4n) is 1.65. The molecule has 0 amide bonds. The number of nitrogen functional groups attached to an aromatic ring is 1. The Bertz CT molecular complexity index is 643. The molecule has 5 heteroatoms. The van der Waals surface area contributed by atoms with E-state index < -0.39 is 5.82 Å². The second-order valence-electron chi connectivity index (χ2n) is 4.08. The Labute approximate surface area is 119 Å². The van der Waals surface area contributed by atoms with Crippen molar-refractivity contribution in [2.24, 2.45) is 0 Å². The van der Waals surface area contributed by atoms with Crippen molar-refractivity contribution in [1.82, 2.24) is 0 Å². The molecule has 0 fully saturated rings. The van der Waals surface area contributed by atoms with Gasteiger partial charge < -0.3 is 5.73 Å². The minimum Gasteiger partial charge on any atom is -0.398 e. The van der Waals surface area contributed by atoms with E-state index in [-0.39, 0.29) is 17.2 Å². The second-order valence-corrected chi connectivity index (χ2v) is 4.90. The summed E-state index contributed by atoms with van der Waals surface area (Å²) < 4.78 is 13.3. The standard InChI is InChI=1S/C14H10Cl2FNO/c15-10-3-1-8(5-12(10)17)6-14(19)9-2-4-11(16)13(18)7-9/h1-5,7H,6,18H2. The van der Waals surface area contributed by atoms with Crippen LogP contribution in [-0.2, 0) is 6.42 Å². The molecule has 0 radical (unpaired) electrons. The number of anilines is 1. The lowest BCUT2D eigenvalue weighted by Crippen LogP contribution is -2.04. The van der Waals surface area contributed by atoms with Crippen LogP contribution in [-0.4, -0.2) is 5.78 Å². The number of hydrogen-bond donors (Lipinski definition) is 1. The first-order valence-electron chi connectivity index (χ1n) is 5.49. The Balaban J connectivity index is 2.20. The first-order valence-corrected chi connectivity index (χ1v) is 6.25. The third-order valence-corrected chi connectivity index (χ3v) is 3.32. The number of benzene rings is 2. The number of carbonyl (C=O) groups excluding carboxylic acids is 1. The zero-order valence-corrected chi connectivity index (χ0v) is 11.3. The molecule has 0 atom stereocenters. The maximum absolute atomic E-state index is 13.3. The monoisotopic (exact) mass is 297 g/mol. The Morgan fingerprint density at radius 1 is 1.11 bits per heavy atom. The molecule has 2 N–H and O–H groups in total. The van der Waals surface area contributed by atoms with Gasteiger partial charge in [-0.2, -0.15) is 0 Å². The summed E-state index contributed by atoms with van der Waals surface area (Å²) >= 11 is 11.4. The van der Waals surface area contributed by atoms with Gasteiger partial charge in [-0.25, -0.2) is 4.39 Å². The number of hydrogen-bond acceptors (Lipinski definition) is 2. The van der Waals surface area contributed by atoms with Gasteiger partial charge in [0.2, 0.25) is 0 Å². The van der Waals surface area contributed by atoms with Crippen molar-refractivity contribution in [1.29, 1.82) is 0 Å². The Hall–Kier alpha value is -1.58. The van der Waals surface area contributed by atoms with Gasteiger partial charge in [0.1, 0.15) is 5.82 Å². The Morgan fingerprint density at radius 2 is 1.79 bits per heavy atom. The van der Waals surface area contributed by atoms with Crippen LogP contribution in [0.5, 0.6) is 0 Å². The fraction of sp³-hybridized carbons (Fsp3) is 0.0714. The zero-order chi connectivity index (χ0) is 14.0. The normalized spacial score (nSPS) is 10.5. The van der Waals surface area contributed by atoms with Gasteiger partial charge in [0, 0.05) is 12.0 Å². The Morgan fingerprint density at radius 3 is 2.42 bits per heavy atom. The number of ketones is 1. The summed E-state index contributed by atoms with van der Waals surface area (Å²) in [4.78, 5) is 12.0. The molecule has 0 bridgehead atoms. The molecule has 0 unspecified atom stereocenters. The summed E-state index contributed by atoms with van der Waals surface area (Å²) in [7, 11) is 0. The Kier molecular flexibility index (Phi) is 4.08. The summed E-state index contributed by atoms with van der Waals surface area (Å²) in [5.74, 6) is -0.701. The van der Waals surface area contributed by atoms with Crippen LogP contribution in [0.3, 0.4) is 0 Å². The van der Waals surface area contributed by atoms with Gasteiger partial charge in [-0.15, -0.1) is 0 Å². The summed E-state index contributed by atoms with van der Waals surface area (Å²) in [6.45, 7) is 0. The van der Waals surface area contributed by atoms with Crippen LogP contribution >= 0.6 is 23.2 Å². The third-order valence-electron chi connectivity index (χ3n) is 2.67. The van der Waals surface area contributed by atoms with E-state index in [1.807, 2.05) is 0 Å². The molecule has 0 spiro atoms. The average molecular weight is 298 g/mol. The van der Waals surface area contributed by atoms with Crippen molar-refractivity contribution < 1.29 is 9.18 Å². The van der Waals surface area contributed by atoms with E-state index >= 15 is 0 Å². The first-order chi connectivity index (χ1) is 8.97. The van der Waals surface area contributed by atoms with Crippen LogP contribution in [0, 0.1) is 5.82 Å². The van der Waals surface area contributed by atoms with Crippen LogP contribution in [0.4, 0.5) is 10.1 Å². The summed E-state index contributed by atoms with van der Waals surface area (Å²) in [5.41, 5.74) is 6.97. The molecule has 0 aromatic heterocycles. The van der Waals surface area contributed by atoms with E-state index in [0.29, 0.717) is 21.8 Å². The second kappa shape index (κ2) is 5.59. The third kappa shape index (κ3) is 3.25. The molecule has 0 aliphatic heterocycles. The minimum atomic E-state index is -0.539. The first kappa shape index (κ1) is 13.8. The predicted octanol–water partition coefficient (Wildman–Crippen LogP) is 4.14. The molecule has 2 aromatic rings. The minimum absolute atomic E-state index is 0.0342. The molecule has 0 heterocycles. The van der Waals surface area contributed by atoms with Crippen LogP contribution in [0.2, 0.25) is 10.0 Å². The molecule has 0 saturated carbocycles. The molecule has 2 nitrogen and oxygen atoms in total. The van der Waals surface area contributed by atoms with Gasteiger partial charge in [-0.3, -0.25) is 4.79 Å². The number of nitrogens with two attached hydrogens (primary N) is 1. The van der Waals surface area contributed by atoms with E-state index in [1.165, 1.54) is 18.2 Å². The van der Waals surface area contributed by atoms with E-state index in [4.69, 9.17) is 28.9 Å². The quantitative estimate of drug-likeness (QED) is 0.683. The average Bonchev–Trinajstić information content (AvgIpc) is 2.37. The zero-order valence-electron chi connectivity index (χ0n) is 9.79. The highest BCUT2D eigenvalue weighted by molar-refractivity contribution is 6.33. The smallest absolute Gasteiger partial charge is 0.167 e. The van der Waals surface area contributed by atoms with Crippen LogP contribution < -0.4 is 5.73 Å². The van der Waals surface area contributed by atoms with Crippen molar-refractivity contribution in [3.63, 3.8) is 0 Å². The lowest BCUT2D eigenvalue weighted by atomic mass is 10.0. The van der Waals surface area contributed by atoms with E-state index in [1.54, 1.807) is 18.2 Å². The molecule has 19 heavy (non-hydrogen) atoms. The highest BCUT2D eigenvalue weighted by Crippen LogP contribution is 2.21. The summed E-state index contributed by atoms with van der Waals surface area (Å²) in [5, 5.41) is 0.432. The number of rotatable bonds is 3. The number of carbonyl (C=O) groups is 1. The van der Waals surface area contributed by atoms with Crippen LogP contribution in [0.1, 0.15) is 15.9 Å². The molecule has 2 rings (SSSR count). The lowest BCUT2D eigenvalue weighted by molar-refractivity contribution is 0.0993.